The van der Waals surface area contributed by atoms with E-state index < -0.39 is 11.7 Å². The molecule has 1 aliphatic heterocycles. The van der Waals surface area contributed by atoms with Gasteiger partial charge in [-0.1, -0.05) is 12.1 Å². The summed E-state index contributed by atoms with van der Waals surface area (Å²) in [6.45, 7) is 2.28. The zero-order valence-electron chi connectivity index (χ0n) is 14.6. The third-order valence-corrected chi connectivity index (χ3v) is 4.49. The van der Waals surface area contributed by atoms with Crippen LogP contribution in [0.4, 0.5) is 4.39 Å². The lowest BCUT2D eigenvalue weighted by atomic mass is 10.0. The van der Waals surface area contributed by atoms with Crippen LogP contribution in [0.25, 0.3) is 11.5 Å². The average Bonchev–Trinajstić information content (AvgIpc) is 2.68. The number of rotatable bonds is 2. The third kappa shape index (κ3) is 3.21. The highest BCUT2D eigenvalue weighted by atomic mass is 19.1. The summed E-state index contributed by atoms with van der Waals surface area (Å²) in [6, 6.07) is 5.85. The van der Waals surface area contributed by atoms with E-state index in [-0.39, 0.29) is 17.7 Å². The fourth-order valence-corrected chi connectivity index (χ4v) is 3.05. The Morgan fingerprint density at radius 3 is 2.78 bits per heavy atom. The number of halogens is 1. The van der Waals surface area contributed by atoms with Gasteiger partial charge in [-0.25, -0.2) is 14.4 Å². The van der Waals surface area contributed by atoms with E-state index in [0.29, 0.717) is 35.7 Å². The van der Waals surface area contributed by atoms with Crippen LogP contribution < -0.4 is 5.56 Å². The van der Waals surface area contributed by atoms with Crippen LogP contribution in [-0.2, 0) is 13.0 Å². The summed E-state index contributed by atoms with van der Waals surface area (Å²) in [5.74, 6) is -0.688. The van der Waals surface area contributed by atoms with E-state index in [0.717, 1.165) is 5.69 Å². The number of nitrogens with one attached hydrogen (secondary N) is 1. The molecule has 4 rings (SSSR count). The standard InChI is InChI=1S/C19H16FN5O2/c1-11-8-22-15(9-21-11)17-23-16-10-25(7-6-13(16)18(26)24-17)19(27)12-4-2-3-5-14(12)20/h2-5,8-9H,6-7,10H2,1H3,(H,23,24,26). The van der Waals surface area contributed by atoms with Crippen LogP contribution >= 0.6 is 0 Å². The van der Waals surface area contributed by atoms with Crippen LogP contribution in [0, 0.1) is 12.7 Å². The van der Waals surface area contributed by atoms with Crippen molar-refractivity contribution in [3.63, 3.8) is 0 Å². The van der Waals surface area contributed by atoms with Gasteiger partial charge < -0.3 is 9.88 Å². The maximum absolute atomic E-state index is 13.9. The first-order valence-electron chi connectivity index (χ1n) is 8.48. The molecule has 136 valence electrons. The first kappa shape index (κ1) is 17.0. The predicted octanol–water partition coefficient (Wildman–Crippen LogP) is 1.87. The number of H-pyrrole nitrogens is 1. The molecule has 0 atom stereocenters. The van der Waals surface area contributed by atoms with Crippen molar-refractivity contribution in [2.75, 3.05) is 6.54 Å². The van der Waals surface area contributed by atoms with E-state index in [2.05, 4.69) is 19.9 Å². The van der Waals surface area contributed by atoms with Crippen molar-refractivity contribution in [3.05, 3.63) is 75.3 Å². The largest absolute Gasteiger partial charge is 0.332 e. The summed E-state index contributed by atoms with van der Waals surface area (Å²) < 4.78 is 13.9. The first-order valence-corrected chi connectivity index (χ1v) is 8.48. The number of amides is 1. The third-order valence-electron chi connectivity index (χ3n) is 4.49. The van der Waals surface area contributed by atoms with Gasteiger partial charge in [0.2, 0.25) is 0 Å². The molecule has 0 fully saturated rings. The first-order chi connectivity index (χ1) is 13.0. The minimum atomic E-state index is -0.567. The summed E-state index contributed by atoms with van der Waals surface area (Å²) in [5.41, 5.74) is 1.98. The molecule has 1 amide bonds. The van der Waals surface area contributed by atoms with Crippen LogP contribution in [0.1, 0.15) is 27.3 Å². The topological polar surface area (TPSA) is 91.8 Å². The Hall–Kier alpha value is -3.42. The molecule has 0 unspecified atom stereocenters. The van der Waals surface area contributed by atoms with Crippen molar-refractivity contribution in [3.8, 4) is 11.5 Å². The molecule has 0 radical (unpaired) electrons. The van der Waals surface area contributed by atoms with Gasteiger partial charge in [-0.15, -0.1) is 0 Å². The van der Waals surface area contributed by atoms with Crippen LogP contribution in [0.2, 0.25) is 0 Å². The normalized spacial score (nSPS) is 13.3. The minimum absolute atomic E-state index is 0.00964. The molecule has 0 aliphatic carbocycles. The molecule has 3 heterocycles. The smallest absolute Gasteiger partial charge is 0.257 e. The monoisotopic (exact) mass is 365 g/mol. The molecular weight excluding hydrogens is 349 g/mol. The van der Waals surface area contributed by atoms with Gasteiger partial charge in [0.15, 0.2) is 5.82 Å². The van der Waals surface area contributed by atoms with Crippen molar-refractivity contribution in [2.45, 2.75) is 19.9 Å². The lowest BCUT2D eigenvalue weighted by Crippen LogP contribution is -2.39. The van der Waals surface area contributed by atoms with Crippen molar-refractivity contribution in [2.24, 2.45) is 0 Å². The highest BCUT2D eigenvalue weighted by Gasteiger charge is 2.26. The molecule has 0 bridgehead atoms. The number of aromatic nitrogens is 4. The second kappa shape index (κ2) is 6.71. The van der Waals surface area contributed by atoms with Crippen molar-refractivity contribution in [1.29, 1.82) is 0 Å². The Labute approximate surface area is 153 Å². The Bertz CT molecular complexity index is 1080. The Morgan fingerprint density at radius 2 is 2.04 bits per heavy atom. The zero-order valence-corrected chi connectivity index (χ0v) is 14.6. The maximum atomic E-state index is 13.9. The van der Waals surface area contributed by atoms with Gasteiger partial charge in [0.25, 0.3) is 11.5 Å². The number of carbonyl (C=O) groups excluding carboxylic acids is 1. The van der Waals surface area contributed by atoms with Crippen molar-refractivity contribution >= 4 is 5.91 Å². The van der Waals surface area contributed by atoms with Gasteiger partial charge in [0.05, 0.1) is 29.7 Å². The predicted molar refractivity (Wildman–Crippen MR) is 95.5 cm³/mol. The Kier molecular flexibility index (Phi) is 4.23. The van der Waals surface area contributed by atoms with Gasteiger partial charge in [0.1, 0.15) is 11.5 Å². The van der Waals surface area contributed by atoms with Gasteiger partial charge in [-0.05, 0) is 25.5 Å². The van der Waals surface area contributed by atoms with Crippen LogP contribution in [-0.4, -0.2) is 37.3 Å². The maximum Gasteiger partial charge on any atom is 0.257 e. The molecule has 0 saturated carbocycles. The number of aryl methyl sites for hydroxylation is 1. The minimum Gasteiger partial charge on any atom is -0.332 e. The van der Waals surface area contributed by atoms with E-state index in [4.69, 9.17) is 0 Å². The molecule has 0 saturated heterocycles. The summed E-state index contributed by atoms with van der Waals surface area (Å²) >= 11 is 0. The second-order valence-electron chi connectivity index (χ2n) is 6.34. The summed E-state index contributed by atoms with van der Waals surface area (Å²) in [5, 5.41) is 0. The van der Waals surface area contributed by atoms with E-state index in [9.17, 15) is 14.0 Å². The molecule has 8 heteroatoms. The molecule has 2 aromatic heterocycles. The summed E-state index contributed by atoms with van der Waals surface area (Å²) in [7, 11) is 0. The van der Waals surface area contributed by atoms with Crippen LogP contribution in [0.3, 0.4) is 0 Å². The van der Waals surface area contributed by atoms with Crippen molar-refractivity contribution in [1.82, 2.24) is 24.8 Å². The molecule has 1 aromatic carbocycles. The summed E-state index contributed by atoms with van der Waals surface area (Å²) in [4.78, 5) is 42.2. The summed E-state index contributed by atoms with van der Waals surface area (Å²) in [6.07, 6.45) is 3.48. The number of fused-ring (bicyclic) bond motifs is 1. The van der Waals surface area contributed by atoms with Gasteiger partial charge in [0, 0.05) is 18.3 Å². The number of hydrogen-bond acceptors (Lipinski definition) is 5. The second-order valence-corrected chi connectivity index (χ2v) is 6.34. The van der Waals surface area contributed by atoms with E-state index in [1.807, 2.05) is 6.92 Å². The Morgan fingerprint density at radius 1 is 1.22 bits per heavy atom. The number of benzene rings is 1. The molecule has 7 nitrogen and oxygen atoms in total. The molecule has 1 aliphatic rings. The average molecular weight is 365 g/mol. The number of nitrogens with zero attached hydrogens (tertiary/aromatic N) is 4. The quantitative estimate of drug-likeness (QED) is 0.749. The van der Waals surface area contributed by atoms with Gasteiger partial charge in [-0.3, -0.25) is 14.6 Å². The molecule has 3 aromatic rings. The fourth-order valence-electron chi connectivity index (χ4n) is 3.05. The fraction of sp³-hybridized carbons (Fsp3) is 0.211. The molecular formula is C19H16FN5O2. The molecule has 0 spiro atoms. The van der Waals surface area contributed by atoms with Crippen LogP contribution in [0.5, 0.6) is 0 Å². The zero-order chi connectivity index (χ0) is 19.0. The number of hydrogen-bond donors (Lipinski definition) is 1. The SMILES string of the molecule is Cc1cnc(-c2nc3c(c(=O)[nH]2)CCN(C(=O)c2ccccc2F)C3)cn1. The lowest BCUT2D eigenvalue weighted by molar-refractivity contribution is 0.0726. The van der Waals surface area contributed by atoms with E-state index >= 15 is 0 Å². The Balaban J connectivity index is 1.67. The van der Waals surface area contributed by atoms with Gasteiger partial charge >= 0.3 is 0 Å². The molecule has 27 heavy (non-hydrogen) atoms. The highest BCUT2D eigenvalue weighted by Crippen LogP contribution is 2.20. The van der Waals surface area contributed by atoms with Gasteiger partial charge in [-0.2, -0.15) is 0 Å². The number of aromatic amines is 1. The number of carbonyl (C=O) groups is 1. The molecule has 1 N–H and O–H groups in total. The van der Waals surface area contributed by atoms with Crippen molar-refractivity contribution < 1.29 is 9.18 Å². The highest BCUT2D eigenvalue weighted by molar-refractivity contribution is 5.94. The lowest BCUT2D eigenvalue weighted by Gasteiger charge is -2.28. The van der Waals surface area contributed by atoms with E-state index in [1.54, 1.807) is 12.3 Å². The van der Waals surface area contributed by atoms with Crippen LogP contribution in [0.15, 0.2) is 41.5 Å². The van der Waals surface area contributed by atoms with E-state index in [1.165, 1.54) is 29.3 Å².